The first kappa shape index (κ1) is 11.9. The van der Waals surface area contributed by atoms with Gasteiger partial charge in [-0.3, -0.25) is 0 Å². The van der Waals surface area contributed by atoms with Gasteiger partial charge in [0.15, 0.2) is 0 Å². The average Bonchev–Trinajstić information content (AvgIpc) is 2.11. The minimum Gasteiger partial charge on any atom is -0.395 e. The van der Waals surface area contributed by atoms with E-state index in [1.807, 2.05) is 6.92 Å². The van der Waals surface area contributed by atoms with E-state index < -0.39 is 0 Å². The molecule has 3 nitrogen and oxygen atoms in total. The molecular formula is C9H21NO2. The minimum absolute atomic E-state index is 0.127. The highest BCUT2D eigenvalue weighted by Gasteiger charge is 2.20. The lowest BCUT2D eigenvalue weighted by molar-refractivity contribution is 0.153. The highest BCUT2D eigenvalue weighted by atomic mass is 16.3. The van der Waals surface area contributed by atoms with Gasteiger partial charge in [0.25, 0.3) is 0 Å². The van der Waals surface area contributed by atoms with Crippen LogP contribution >= 0.6 is 0 Å². The Bertz CT molecular complexity index is 98.7. The first-order valence-corrected chi connectivity index (χ1v) is 4.65. The third kappa shape index (κ3) is 4.70. The lowest BCUT2D eigenvalue weighted by Gasteiger charge is -2.28. The molecule has 74 valence electrons. The first-order chi connectivity index (χ1) is 5.68. The average molecular weight is 175 g/mol. The Morgan fingerprint density at radius 3 is 2.42 bits per heavy atom. The van der Waals surface area contributed by atoms with Gasteiger partial charge in [-0.25, -0.2) is 0 Å². The van der Waals surface area contributed by atoms with Crippen molar-refractivity contribution in [3.8, 4) is 0 Å². The first-order valence-electron chi connectivity index (χ1n) is 4.65. The molecule has 0 aromatic rings. The maximum atomic E-state index is 9.09. The fourth-order valence-corrected chi connectivity index (χ4v) is 1.15. The molecule has 1 unspecified atom stereocenters. The van der Waals surface area contributed by atoms with Gasteiger partial charge < -0.3 is 15.5 Å². The summed E-state index contributed by atoms with van der Waals surface area (Å²) in [5.74, 6) is 0. The van der Waals surface area contributed by atoms with Crippen molar-refractivity contribution in [2.45, 2.75) is 38.6 Å². The molecule has 0 aliphatic rings. The van der Waals surface area contributed by atoms with Crippen molar-refractivity contribution in [1.29, 1.82) is 0 Å². The van der Waals surface area contributed by atoms with Gasteiger partial charge in [-0.1, -0.05) is 19.8 Å². The van der Waals surface area contributed by atoms with E-state index in [1.165, 1.54) is 0 Å². The second-order valence-electron chi connectivity index (χ2n) is 3.47. The fraction of sp³-hybridized carbons (Fsp3) is 1.00. The van der Waals surface area contributed by atoms with Crippen LogP contribution in [0.4, 0.5) is 0 Å². The fourth-order valence-electron chi connectivity index (χ4n) is 1.15. The second-order valence-corrected chi connectivity index (χ2v) is 3.47. The summed E-state index contributed by atoms with van der Waals surface area (Å²) in [6, 6.07) is 0. The summed E-state index contributed by atoms with van der Waals surface area (Å²) in [5.41, 5.74) is -0.210. The zero-order chi connectivity index (χ0) is 9.45. The zero-order valence-corrected chi connectivity index (χ0v) is 8.14. The second kappa shape index (κ2) is 6.40. The van der Waals surface area contributed by atoms with Gasteiger partial charge in [0.05, 0.1) is 13.2 Å². The van der Waals surface area contributed by atoms with Gasteiger partial charge in [0.2, 0.25) is 0 Å². The van der Waals surface area contributed by atoms with E-state index in [0.29, 0.717) is 6.54 Å². The number of unbranched alkanes of at least 4 members (excludes halogenated alkanes) is 1. The van der Waals surface area contributed by atoms with Crippen LogP contribution in [0.2, 0.25) is 0 Å². The van der Waals surface area contributed by atoms with Crippen molar-refractivity contribution < 1.29 is 10.2 Å². The molecule has 0 bridgehead atoms. The Kier molecular flexibility index (Phi) is 6.34. The molecule has 0 aliphatic carbocycles. The largest absolute Gasteiger partial charge is 0.395 e. The molecule has 0 fully saturated rings. The van der Waals surface area contributed by atoms with E-state index in [2.05, 4.69) is 12.2 Å². The van der Waals surface area contributed by atoms with Crippen LogP contribution < -0.4 is 5.32 Å². The Balaban J connectivity index is 3.70. The molecule has 0 spiro atoms. The van der Waals surface area contributed by atoms with Crippen molar-refractivity contribution in [2.75, 3.05) is 19.8 Å². The molecule has 0 heterocycles. The molecular weight excluding hydrogens is 154 g/mol. The number of aliphatic hydroxyl groups excluding tert-OH is 2. The lowest BCUT2D eigenvalue weighted by Crippen LogP contribution is -2.46. The van der Waals surface area contributed by atoms with Crippen LogP contribution in [0.3, 0.4) is 0 Å². The molecule has 0 aromatic carbocycles. The zero-order valence-electron chi connectivity index (χ0n) is 8.14. The number of hydrogen-bond acceptors (Lipinski definition) is 3. The Labute approximate surface area is 74.8 Å². The summed E-state index contributed by atoms with van der Waals surface area (Å²) in [7, 11) is 0. The van der Waals surface area contributed by atoms with Gasteiger partial charge in [-0.2, -0.15) is 0 Å². The molecule has 0 saturated heterocycles. The van der Waals surface area contributed by atoms with Gasteiger partial charge in [-0.05, 0) is 13.3 Å². The highest BCUT2D eigenvalue weighted by Crippen LogP contribution is 2.12. The van der Waals surface area contributed by atoms with Gasteiger partial charge >= 0.3 is 0 Å². The Morgan fingerprint density at radius 1 is 1.33 bits per heavy atom. The third-order valence-corrected chi connectivity index (χ3v) is 2.09. The molecule has 0 radical (unpaired) electrons. The molecule has 0 saturated carbocycles. The predicted molar refractivity (Wildman–Crippen MR) is 50.1 cm³/mol. The van der Waals surface area contributed by atoms with Crippen molar-refractivity contribution >= 4 is 0 Å². The van der Waals surface area contributed by atoms with E-state index in [-0.39, 0.29) is 18.8 Å². The summed E-state index contributed by atoms with van der Waals surface area (Å²) in [4.78, 5) is 0. The van der Waals surface area contributed by atoms with Crippen molar-refractivity contribution in [1.82, 2.24) is 5.32 Å². The molecule has 3 heteroatoms. The normalized spacial score (nSPS) is 16.0. The van der Waals surface area contributed by atoms with Gasteiger partial charge in [-0.15, -0.1) is 0 Å². The highest BCUT2D eigenvalue weighted by molar-refractivity contribution is 4.81. The van der Waals surface area contributed by atoms with Crippen LogP contribution in [0.25, 0.3) is 0 Å². The maximum Gasteiger partial charge on any atom is 0.0610 e. The summed E-state index contributed by atoms with van der Waals surface area (Å²) >= 11 is 0. The van der Waals surface area contributed by atoms with Gasteiger partial charge in [0.1, 0.15) is 0 Å². The number of rotatable bonds is 7. The summed E-state index contributed by atoms with van der Waals surface area (Å²) in [6.45, 7) is 4.93. The molecule has 1 atom stereocenters. The van der Waals surface area contributed by atoms with E-state index in [1.54, 1.807) is 0 Å². The topological polar surface area (TPSA) is 52.5 Å². The minimum atomic E-state index is -0.210. The molecule has 3 N–H and O–H groups in total. The van der Waals surface area contributed by atoms with Crippen molar-refractivity contribution in [3.05, 3.63) is 0 Å². The van der Waals surface area contributed by atoms with E-state index in [9.17, 15) is 0 Å². The van der Waals surface area contributed by atoms with Crippen LogP contribution in [-0.2, 0) is 0 Å². The van der Waals surface area contributed by atoms with Crippen molar-refractivity contribution in [2.24, 2.45) is 0 Å². The monoisotopic (exact) mass is 175 g/mol. The standard InChI is InChI=1S/C9H21NO2/c1-3-4-5-9(2,8-12)10-6-7-11/h10-12H,3-8H2,1-2H3. The molecule has 12 heavy (non-hydrogen) atoms. The summed E-state index contributed by atoms with van der Waals surface area (Å²) < 4.78 is 0. The smallest absolute Gasteiger partial charge is 0.0610 e. The van der Waals surface area contributed by atoms with Crippen LogP contribution in [0.15, 0.2) is 0 Å². The lowest BCUT2D eigenvalue weighted by atomic mass is 9.96. The van der Waals surface area contributed by atoms with E-state index in [0.717, 1.165) is 19.3 Å². The molecule has 0 aliphatic heterocycles. The molecule has 0 rings (SSSR count). The number of aliphatic hydroxyl groups is 2. The van der Waals surface area contributed by atoms with Crippen LogP contribution in [0.5, 0.6) is 0 Å². The number of nitrogens with one attached hydrogen (secondary N) is 1. The van der Waals surface area contributed by atoms with Crippen LogP contribution in [-0.4, -0.2) is 35.5 Å². The Morgan fingerprint density at radius 2 is 2.00 bits per heavy atom. The summed E-state index contributed by atoms with van der Waals surface area (Å²) in [6.07, 6.45) is 3.20. The third-order valence-electron chi connectivity index (χ3n) is 2.09. The SMILES string of the molecule is CCCCC(C)(CO)NCCO. The maximum absolute atomic E-state index is 9.09. The molecule has 0 amide bonds. The van der Waals surface area contributed by atoms with E-state index in [4.69, 9.17) is 10.2 Å². The van der Waals surface area contributed by atoms with Crippen LogP contribution in [0.1, 0.15) is 33.1 Å². The molecule has 0 aromatic heterocycles. The quantitative estimate of drug-likeness (QED) is 0.528. The number of hydrogen-bond donors (Lipinski definition) is 3. The van der Waals surface area contributed by atoms with Gasteiger partial charge in [0, 0.05) is 12.1 Å². The van der Waals surface area contributed by atoms with Crippen molar-refractivity contribution in [3.63, 3.8) is 0 Å². The predicted octanol–water partition coefficient (Wildman–Crippen LogP) is 0.510. The Hall–Kier alpha value is -0.120. The summed E-state index contributed by atoms with van der Waals surface area (Å²) in [5, 5.41) is 20.8. The van der Waals surface area contributed by atoms with Crippen LogP contribution in [0, 0.1) is 0 Å². The van der Waals surface area contributed by atoms with E-state index >= 15 is 0 Å². The number of β-amino-alcohol motifs (C(OH)–C–C–N with tert-alkyl or cyclic N) is 1.